The van der Waals surface area contributed by atoms with Crippen LogP contribution >= 0.6 is 0 Å². The van der Waals surface area contributed by atoms with Crippen LogP contribution in [-0.2, 0) is 9.84 Å². The van der Waals surface area contributed by atoms with Gasteiger partial charge in [-0.15, -0.1) is 5.10 Å². The van der Waals surface area contributed by atoms with Gasteiger partial charge in [-0.05, 0) is 12.8 Å². The zero-order chi connectivity index (χ0) is 22.3. The summed E-state index contributed by atoms with van der Waals surface area (Å²) in [6, 6.07) is 0. The van der Waals surface area contributed by atoms with Crippen molar-refractivity contribution in [1.82, 2.24) is 19.6 Å². The molecule has 1 aliphatic rings. The van der Waals surface area contributed by atoms with Crippen LogP contribution in [0.25, 0.3) is 5.65 Å². The molecule has 1 amide bonds. The summed E-state index contributed by atoms with van der Waals surface area (Å²) in [6.07, 6.45) is 6.11. The van der Waals surface area contributed by atoms with E-state index >= 15 is 0 Å². The van der Waals surface area contributed by atoms with Crippen molar-refractivity contribution in [3.8, 4) is 0 Å². The summed E-state index contributed by atoms with van der Waals surface area (Å²) in [4.78, 5) is 22.2. The molecule has 1 aliphatic heterocycles. The van der Waals surface area contributed by atoms with E-state index in [9.17, 15) is 22.0 Å². The number of anilines is 3. The zero-order valence-corrected chi connectivity index (χ0v) is 17.2. The van der Waals surface area contributed by atoms with Crippen LogP contribution in [0.2, 0.25) is 0 Å². The number of fused-ring (bicyclic) bond motifs is 1. The molecule has 1 fully saturated rings. The second kappa shape index (κ2) is 7.72. The molecule has 164 valence electrons. The standard InChI is InChI=1S/C18H19F2N7O3S/c1-31(29,30)11-2-4-26(5-3-11)15-12(20)7-22-8-13(15)24-18(28)14-16(21)25-27-9-10(19)6-23-17(14)27/h6-9,11H,2-5H2,1H3,(H2,21,25)(H,24,28). The van der Waals surface area contributed by atoms with Crippen LogP contribution in [0.5, 0.6) is 0 Å². The van der Waals surface area contributed by atoms with Crippen molar-refractivity contribution in [3.05, 3.63) is 42.0 Å². The molecule has 0 radical (unpaired) electrons. The summed E-state index contributed by atoms with van der Waals surface area (Å²) in [5.41, 5.74) is 5.95. The van der Waals surface area contributed by atoms with E-state index < -0.39 is 32.6 Å². The predicted octanol–water partition coefficient (Wildman–Crippen LogP) is 1.25. The van der Waals surface area contributed by atoms with Gasteiger partial charge in [-0.2, -0.15) is 0 Å². The molecule has 3 aromatic heterocycles. The number of rotatable bonds is 4. The molecule has 0 atom stereocenters. The Balaban J connectivity index is 1.63. The molecule has 0 bridgehead atoms. The fourth-order valence-corrected chi connectivity index (χ4v) is 4.75. The number of nitrogens with zero attached hydrogens (tertiary/aromatic N) is 5. The molecule has 1 saturated heterocycles. The maximum Gasteiger partial charge on any atom is 0.263 e. The average Bonchev–Trinajstić information content (AvgIpc) is 3.02. The second-order valence-corrected chi connectivity index (χ2v) is 9.61. The van der Waals surface area contributed by atoms with E-state index in [-0.39, 0.29) is 28.4 Å². The number of piperidine rings is 1. The number of aromatic nitrogens is 4. The lowest BCUT2D eigenvalue weighted by Gasteiger charge is -2.33. The van der Waals surface area contributed by atoms with Gasteiger partial charge in [0.05, 0.1) is 35.7 Å². The first kappa shape index (κ1) is 20.9. The zero-order valence-electron chi connectivity index (χ0n) is 16.4. The van der Waals surface area contributed by atoms with Crippen LogP contribution in [0.4, 0.5) is 26.0 Å². The highest BCUT2D eigenvalue weighted by Crippen LogP contribution is 2.32. The van der Waals surface area contributed by atoms with Crippen molar-refractivity contribution in [2.24, 2.45) is 0 Å². The summed E-state index contributed by atoms with van der Waals surface area (Å²) < 4.78 is 52.7. The molecule has 0 aliphatic carbocycles. The first-order chi connectivity index (χ1) is 14.6. The molecule has 4 rings (SSSR count). The fourth-order valence-electron chi connectivity index (χ4n) is 3.68. The smallest absolute Gasteiger partial charge is 0.263 e. The van der Waals surface area contributed by atoms with Crippen molar-refractivity contribution in [3.63, 3.8) is 0 Å². The van der Waals surface area contributed by atoms with Gasteiger partial charge >= 0.3 is 0 Å². The van der Waals surface area contributed by atoms with E-state index in [1.165, 1.54) is 12.5 Å². The number of sulfone groups is 1. The van der Waals surface area contributed by atoms with Crippen LogP contribution < -0.4 is 16.0 Å². The van der Waals surface area contributed by atoms with Crippen LogP contribution in [0, 0.1) is 11.6 Å². The third-order valence-electron chi connectivity index (χ3n) is 5.18. The minimum Gasteiger partial charge on any atom is -0.381 e. The lowest BCUT2D eigenvalue weighted by molar-refractivity contribution is 0.102. The molecule has 10 nitrogen and oxygen atoms in total. The molecule has 0 saturated carbocycles. The van der Waals surface area contributed by atoms with Crippen LogP contribution in [-0.4, -0.2) is 58.5 Å². The Morgan fingerprint density at radius 2 is 1.94 bits per heavy atom. The Hall–Kier alpha value is -3.35. The predicted molar refractivity (Wildman–Crippen MR) is 110 cm³/mol. The molecule has 4 heterocycles. The van der Waals surface area contributed by atoms with E-state index in [1.54, 1.807) is 4.90 Å². The molecule has 31 heavy (non-hydrogen) atoms. The van der Waals surface area contributed by atoms with Crippen LogP contribution in [0.1, 0.15) is 23.2 Å². The van der Waals surface area contributed by atoms with Crippen molar-refractivity contribution in [2.75, 3.05) is 35.3 Å². The Morgan fingerprint density at radius 3 is 2.61 bits per heavy atom. The number of hydrogen-bond acceptors (Lipinski definition) is 8. The van der Waals surface area contributed by atoms with Gasteiger partial charge in [0, 0.05) is 19.3 Å². The highest BCUT2D eigenvalue weighted by atomic mass is 32.2. The highest BCUT2D eigenvalue weighted by Gasteiger charge is 2.30. The Labute approximate surface area is 176 Å². The third kappa shape index (κ3) is 4.00. The molecule has 13 heteroatoms. The Morgan fingerprint density at radius 1 is 1.23 bits per heavy atom. The molecule has 0 aromatic carbocycles. The number of hydrogen-bond donors (Lipinski definition) is 2. The van der Waals surface area contributed by atoms with Gasteiger partial charge in [0.1, 0.15) is 21.1 Å². The topological polar surface area (TPSA) is 136 Å². The van der Waals surface area contributed by atoms with Gasteiger partial charge < -0.3 is 16.0 Å². The van der Waals surface area contributed by atoms with Crippen molar-refractivity contribution in [1.29, 1.82) is 0 Å². The molecule has 3 N–H and O–H groups in total. The first-order valence-corrected chi connectivity index (χ1v) is 11.3. The molecule has 0 spiro atoms. The quantitative estimate of drug-likeness (QED) is 0.605. The largest absolute Gasteiger partial charge is 0.381 e. The summed E-state index contributed by atoms with van der Waals surface area (Å²) in [5.74, 6) is -2.21. The van der Waals surface area contributed by atoms with E-state index in [4.69, 9.17) is 5.73 Å². The van der Waals surface area contributed by atoms with Crippen molar-refractivity contribution in [2.45, 2.75) is 18.1 Å². The first-order valence-electron chi connectivity index (χ1n) is 9.33. The number of carbonyl (C=O) groups excluding carboxylic acids is 1. The fraction of sp³-hybridized carbons (Fsp3) is 0.333. The molecule has 3 aromatic rings. The summed E-state index contributed by atoms with van der Waals surface area (Å²) in [7, 11) is -3.19. The maximum absolute atomic E-state index is 14.7. The normalized spacial score (nSPS) is 15.4. The number of nitrogens with one attached hydrogen (secondary N) is 1. The average molecular weight is 451 g/mol. The van der Waals surface area contributed by atoms with Gasteiger partial charge in [-0.25, -0.2) is 26.7 Å². The summed E-state index contributed by atoms with van der Waals surface area (Å²) in [6.45, 7) is 0.586. The lowest BCUT2D eigenvalue weighted by atomic mass is 10.1. The number of amides is 1. The second-order valence-electron chi connectivity index (χ2n) is 7.29. The number of pyridine rings is 1. The van der Waals surface area contributed by atoms with E-state index in [0.29, 0.717) is 25.9 Å². The van der Waals surface area contributed by atoms with E-state index in [1.807, 2.05) is 0 Å². The number of nitrogen functional groups attached to an aromatic ring is 1. The molecular weight excluding hydrogens is 432 g/mol. The Kier molecular flexibility index (Phi) is 5.21. The molecule has 0 unspecified atom stereocenters. The lowest BCUT2D eigenvalue weighted by Crippen LogP contribution is -2.39. The van der Waals surface area contributed by atoms with Gasteiger partial charge in [0.15, 0.2) is 23.1 Å². The maximum atomic E-state index is 14.7. The van der Waals surface area contributed by atoms with Crippen LogP contribution in [0.3, 0.4) is 0 Å². The third-order valence-corrected chi connectivity index (χ3v) is 6.86. The SMILES string of the molecule is CS(=O)(=O)C1CCN(c2c(F)cncc2NC(=O)c2c(N)nn3cc(F)cnc23)CC1. The monoisotopic (exact) mass is 451 g/mol. The number of carbonyl (C=O) groups is 1. The van der Waals surface area contributed by atoms with Crippen molar-refractivity contribution < 1.29 is 22.0 Å². The van der Waals surface area contributed by atoms with Gasteiger partial charge in [-0.3, -0.25) is 9.78 Å². The van der Waals surface area contributed by atoms with Gasteiger partial charge in [-0.1, -0.05) is 0 Å². The Bertz CT molecular complexity index is 1270. The van der Waals surface area contributed by atoms with Gasteiger partial charge in [0.2, 0.25) is 0 Å². The molecular formula is C18H19F2N7O3S. The highest BCUT2D eigenvalue weighted by molar-refractivity contribution is 7.91. The number of nitrogens with two attached hydrogens (primary N) is 1. The minimum atomic E-state index is -3.19. The van der Waals surface area contributed by atoms with Gasteiger partial charge in [0.25, 0.3) is 5.91 Å². The van der Waals surface area contributed by atoms with Crippen molar-refractivity contribution >= 4 is 38.6 Å². The summed E-state index contributed by atoms with van der Waals surface area (Å²) >= 11 is 0. The van der Waals surface area contributed by atoms with Crippen LogP contribution in [0.15, 0.2) is 24.8 Å². The van der Waals surface area contributed by atoms with E-state index in [0.717, 1.165) is 23.1 Å². The summed E-state index contributed by atoms with van der Waals surface area (Å²) in [5, 5.41) is 5.95. The minimum absolute atomic E-state index is 0.0382. The van der Waals surface area contributed by atoms with E-state index in [2.05, 4.69) is 20.4 Å². The number of halogens is 2.